The molecule has 0 aliphatic carbocycles. The minimum absolute atomic E-state index is 0.373. The molecule has 2 aromatic heterocycles. The standard InChI is InChI=1S/C19H20N2O5/c22-8-14-16(23)17(24)18(26-14)12-9-25-19-13(20-10-21-15(12)19)7-6-11-4-2-1-3-5-11/h1-5,9-10,14,16-18,22-24H,6-8H2/t14-,16-,17-,18+/m1/s1. The molecule has 3 aromatic rings. The van der Waals surface area contributed by atoms with Gasteiger partial charge in [0, 0.05) is 5.56 Å². The Morgan fingerprint density at radius 3 is 2.54 bits per heavy atom. The van der Waals surface area contributed by atoms with E-state index in [0.29, 0.717) is 23.1 Å². The summed E-state index contributed by atoms with van der Waals surface area (Å²) in [4.78, 5) is 8.60. The van der Waals surface area contributed by atoms with Gasteiger partial charge in [0.15, 0.2) is 5.58 Å². The lowest BCUT2D eigenvalue weighted by Crippen LogP contribution is -2.32. The van der Waals surface area contributed by atoms with Crippen LogP contribution < -0.4 is 0 Å². The van der Waals surface area contributed by atoms with Crippen molar-refractivity contribution in [1.29, 1.82) is 0 Å². The van der Waals surface area contributed by atoms with Crippen LogP contribution in [-0.2, 0) is 17.6 Å². The lowest BCUT2D eigenvalue weighted by atomic mass is 10.0. The molecule has 3 N–H and O–H groups in total. The van der Waals surface area contributed by atoms with Crippen molar-refractivity contribution in [2.24, 2.45) is 0 Å². The second-order valence-electron chi connectivity index (χ2n) is 6.43. The third-order valence-electron chi connectivity index (χ3n) is 4.80. The summed E-state index contributed by atoms with van der Waals surface area (Å²) in [7, 11) is 0. The van der Waals surface area contributed by atoms with E-state index in [-0.39, 0.29) is 6.61 Å². The van der Waals surface area contributed by atoms with Gasteiger partial charge >= 0.3 is 0 Å². The van der Waals surface area contributed by atoms with Gasteiger partial charge in [-0.2, -0.15) is 0 Å². The molecule has 0 amide bonds. The maximum atomic E-state index is 10.2. The van der Waals surface area contributed by atoms with E-state index in [4.69, 9.17) is 9.15 Å². The van der Waals surface area contributed by atoms with E-state index in [1.165, 1.54) is 18.2 Å². The number of nitrogens with zero attached hydrogens (tertiary/aromatic N) is 2. The summed E-state index contributed by atoms with van der Waals surface area (Å²) >= 11 is 0. The van der Waals surface area contributed by atoms with Crippen LogP contribution in [0.1, 0.15) is 22.9 Å². The van der Waals surface area contributed by atoms with Gasteiger partial charge in [0.2, 0.25) is 0 Å². The number of ether oxygens (including phenoxy) is 1. The zero-order valence-electron chi connectivity index (χ0n) is 14.0. The van der Waals surface area contributed by atoms with Crippen molar-refractivity contribution in [3.63, 3.8) is 0 Å². The fraction of sp³-hybridized carbons (Fsp3) is 0.368. The van der Waals surface area contributed by atoms with E-state index in [1.54, 1.807) is 0 Å². The first-order valence-electron chi connectivity index (χ1n) is 8.56. The van der Waals surface area contributed by atoms with Gasteiger partial charge in [0.1, 0.15) is 36.3 Å². The van der Waals surface area contributed by atoms with Crippen molar-refractivity contribution in [3.8, 4) is 0 Å². The van der Waals surface area contributed by atoms with Gasteiger partial charge in [-0.1, -0.05) is 30.3 Å². The number of hydrogen-bond donors (Lipinski definition) is 3. The third kappa shape index (κ3) is 2.99. The smallest absolute Gasteiger partial charge is 0.174 e. The van der Waals surface area contributed by atoms with Gasteiger partial charge in [0.25, 0.3) is 0 Å². The predicted molar refractivity (Wildman–Crippen MR) is 92.4 cm³/mol. The number of fused-ring (bicyclic) bond motifs is 1. The van der Waals surface area contributed by atoms with E-state index in [1.807, 2.05) is 18.2 Å². The monoisotopic (exact) mass is 356 g/mol. The minimum atomic E-state index is -1.16. The van der Waals surface area contributed by atoms with E-state index in [9.17, 15) is 15.3 Å². The van der Waals surface area contributed by atoms with Crippen molar-refractivity contribution in [2.75, 3.05) is 6.61 Å². The van der Waals surface area contributed by atoms with Crippen LogP contribution in [0.4, 0.5) is 0 Å². The van der Waals surface area contributed by atoms with Gasteiger partial charge in [-0.3, -0.25) is 0 Å². The molecule has 4 atom stereocenters. The van der Waals surface area contributed by atoms with Gasteiger partial charge in [-0.25, -0.2) is 9.97 Å². The maximum Gasteiger partial charge on any atom is 0.174 e. The van der Waals surface area contributed by atoms with Crippen LogP contribution in [0.2, 0.25) is 0 Å². The van der Waals surface area contributed by atoms with Crippen LogP contribution >= 0.6 is 0 Å². The first-order valence-corrected chi connectivity index (χ1v) is 8.56. The predicted octanol–water partition coefficient (Wildman–Crippen LogP) is 1.16. The normalized spacial score (nSPS) is 25.8. The molecular formula is C19H20N2O5. The summed E-state index contributed by atoms with van der Waals surface area (Å²) in [6.07, 6.45) is 0.488. The minimum Gasteiger partial charge on any atom is -0.460 e. The number of rotatable bonds is 5. The summed E-state index contributed by atoms with van der Waals surface area (Å²) in [5, 5.41) is 29.5. The molecule has 26 heavy (non-hydrogen) atoms. The van der Waals surface area contributed by atoms with Crippen molar-refractivity contribution in [2.45, 2.75) is 37.3 Å². The number of furan rings is 1. The second kappa shape index (κ2) is 7.13. The molecule has 0 radical (unpaired) electrons. The highest BCUT2D eigenvalue weighted by atomic mass is 16.6. The zero-order chi connectivity index (χ0) is 18.1. The average molecular weight is 356 g/mol. The summed E-state index contributed by atoms with van der Waals surface area (Å²) < 4.78 is 11.3. The number of benzene rings is 1. The Kier molecular flexibility index (Phi) is 4.69. The van der Waals surface area contributed by atoms with Crippen LogP contribution in [0.25, 0.3) is 11.1 Å². The summed E-state index contributed by atoms with van der Waals surface area (Å²) in [6.45, 7) is -0.373. The van der Waals surface area contributed by atoms with Gasteiger partial charge in [-0.05, 0) is 18.4 Å². The SMILES string of the molecule is OC[C@H]1O[C@@H](c2coc3c(CCc4ccccc4)ncnc23)[C@H](O)[C@@H]1O. The zero-order valence-corrected chi connectivity index (χ0v) is 14.0. The molecule has 1 fully saturated rings. The molecule has 1 aliphatic rings. The molecule has 0 spiro atoms. The largest absolute Gasteiger partial charge is 0.460 e. The Balaban J connectivity index is 1.61. The highest BCUT2D eigenvalue weighted by Gasteiger charge is 2.44. The number of aliphatic hydroxyl groups excluding tert-OH is 3. The van der Waals surface area contributed by atoms with Gasteiger partial charge < -0.3 is 24.5 Å². The van der Waals surface area contributed by atoms with Crippen molar-refractivity contribution in [1.82, 2.24) is 9.97 Å². The fourth-order valence-corrected chi connectivity index (χ4v) is 3.36. The molecule has 0 saturated carbocycles. The van der Waals surface area contributed by atoms with E-state index >= 15 is 0 Å². The molecule has 0 bridgehead atoms. The molecular weight excluding hydrogens is 336 g/mol. The summed E-state index contributed by atoms with van der Waals surface area (Å²) in [6, 6.07) is 10.1. The Bertz CT molecular complexity index is 882. The number of aliphatic hydroxyl groups is 3. The highest BCUT2D eigenvalue weighted by molar-refractivity contribution is 5.78. The van der Waals surface area contributed by atoms with Crippen molar-refractivity contribution >= 4 is 11.1 Å². The van der Waals surface area contributed by atoms with Crippen LogP contribution in [-0.4, -0.2) is 50.2 Å². The van der Waals surface area contributed by atoms with Gasteiger partial charge in [0.05, 0.1) is 18.6 Å². The highest BCUT2D eigenvalue weighted by Crippen LogP contribution is 2.37. The van der Waals surface area contributed by atoms with E-state index in [2.05, 4.69) is 22.1 Å². The fourth-order valence-electron chi connectivity index (χ4n) is 3.36. The number of aryl methyl sites for hydroxylation is 2. The number of hydrogen-bond acceptors (Lipinski definition) is 7. The second-order valence-corrected chi connectivity index (χ2v) is 6.43. The van der Waals surface area contributed by atoms with E-state index < -0.39 is 24.4 Å². The first kappa shape index (κ1) is 17.1. The Labute approximate surface area is 149 Å². The third-order valence-corrected chi connectivity index (χ3v) is 4.80. The Morgan fingerprint density at radius 1 is 1.00 bits per heavy atom. The van der Waals surface area contributed by atoms with Crippen molar-refractivity contribution in [3.05, 3.63) is 59.7 Å². The molecule has 7 nitrogen and oxygen atoms in total. The maximum absolute atomic E-state index is 10.2. The van der Waals surface area contributed by atoms with Gasteiger partial charge in [-0.15, -0.1) is 0 Å². The molecule has 1 saturated heterocycles. The van der Waals surface area contributed by atoms with E-state index in [0.717, 1.165) is 12.1 Å². The molecule has 136 valence electrons. The van der Waals surface area contributed by atoms with Crippen LogP contribution in [0, 0.1) is 0 Å². The van der Waals surface area contributed by atoms with Crippen LogP contribution in [0.3, 0.4) is 0 Å². The van der Waals surface area contributed by atoms with Crippen molar-refractivity contribution < 1.29 is 24.5 Å². The first-order chi connectivity index (χ1) is 12.7. The molecule has 1 aromatic carbocycles. The molecule has 0 unspecified atom stereocenters. The quantitative estimate of drug-likeness (QED) is 0.629. The van der Waals surface area contributed by atoms with Crippen LogP contribution in [0.5, 0.6) is 0 Å². The lowest BCUT2D eigenvalue weighted by molar-refractivity contribution is -0.0226. The van der Waals surface area contributed by atoms with Crippen LogP contribution in [0.15, 0.2) is 47.3 Å². The molecule has 7 heteroatoms. The molecule has 3 heterocycles. The molecule has 1 aliphatic heterocycles. The number of aromatic nitrogens is 2. The topological polar surface area (TPSA) is 109 Å². The summed E-state index contributed by atoms with van der Waals surface area (Å²) in [5.74, 6) is 0. The lowest BCUT2D eigenvalue weighted by Gasteiger charge is -2.12. The molecule has 4 rings (SSSR count). The Morgan fingerprint density at radius 2 is 1.81 bits per heavy atom. The Hall–Kier alpha value is -2.32. The summed E-state index contributed by atoms with van der Waals surface area (Å²) in [5.41, 5.74) is 3.63. The average Bonchev–Trinajstić information content (AvgIpc) is 3.23.